The van der Waals surface area contributed by atoms with Crippen molar-refractivity contribution in [3.8, 4) is 17.2 Å². The molecule has 2 aromatic carbocycles. The van der Waals surface area contributed by atoms with Gasteiger partial charge in [0.1, 0.15) is 30.5 Å². The molecule has 23 heavy (non-hydrogen) atoms. The van der Waals surface area contributed by atoms with Gasteiger partial charge in [0.15, 0.2) is 0 Å². The highest BCUT2D eigenvalue weighted by Crippen LogP contribution is 2.23. The van der Waals surface area contributed by atoms with Crippen molar-refractivity contribution >= 4 is 12.2 Å². The van der Waals surface area contributed by atoms with Crippen molar-refractivity contribution in [3.05, 3.63) is 78.9 Å². The smallest absolute Gasteiger partial charge is 0.124 e. The first kappa shape index (κ1) is 16.4. The number of hydrogen-bond acceptors (Lipinski definition) is 3. The van der Waals surface area contributed by atoms with Crippen LogP contribution in [0.1, 0.15) is 11.1 Å². The second kappa shape index (κ2) is 8.49. The normalized spacial score (nSPS) is 10.4. The van der Waals surface area contributed by atoms with Crippen molar-refractivity contribution in [1.82, 2.24) is 0 Å². The van der Waals surface area contributed by atoms with E-state index >= 15 is 0 Å². The van der Waals surface area contributed by atoms with Gasteiger partial charge in [-0.2, -0.15) is 0 Å². The lowest BCUT2D eigenvalue weighted by Crippen LogP contribution is -1.92. The molecule has 0 fully saturated rings. The van der Waals surface area contributed by atoms with Gasteiger partial charge in [0, 0.05) is 6.07 Å². The zero-order chi connectivity index (χ0) is 16.5. The molecular formula is C20H20O3. The van der Waals surface area contributed by atoms with E-state index in [-0.39, 0.29) is 5.75 Å². The first-order valence-corrected chi connectivity index (χ1v) is 7.31. The molecule has 2 aromatic rings. The number of phenolic OH excluding ortho intramolecular Hbond substituents is 1. The topological polar surface area (TPSA) is 38.7 Å². The average Bonchev–Trinajstić information content (AvgIpc) is 2.57. The molecule has 0 heterocycles. The molecule has 2 rings (SSSR count). The molecular weight excluding hydrogens is 288 g/mol. The molecule has 0 aliphatic heterocycles. The summed E-state index contributed by atoms with van der Waals surface area (Å²) in [5.74, 6) is 1.58. The summed E-state index contributed by atoms with van der Waals surface area (Å²) in [7, 11) is 0. The van der Waals surface area contributed by atoms with E-state index < -0.39 is 0 Å². The summed E-state index contributed by atoms with van der Waals surface area (Å²) in [6, 6.07) is 12.9. The Kier molecular flexibility index (Phi) is 6.07. The minimum Gasteiger partial charge on any atom is -0.508 e. The van der Waals surface area contributed by atoms with Crippen molar-refractivity contribution in [2.75, 3.05) is 13.2 Å². The van der Waals surface area contributed by atoms with Crippen LogP contribution in [0.5, 0.6) is 17.2 Å². The van der Waals surface area contributed by atoms with Gasteiger partial charge in [-0.3, -0.25) is 0 Å². The van der Waals surface area contributed by atoms with Crippen LogP contribution >= 0.6 is 0 Å². The minimum atomic E-state index is 0.166. The van der Waals surface area contributed by atoms with Gasteiger partial charge in [-0.1, -0.05) is 49.6 Å². The Bertz CT molecular complexity index is 685. The molecule has 0 atom stereocenters. The van der Waals surface area contributed by atoms with Crippen LogP contribution < -0.4 is 9.47 Å². The quantitative estimate of drug-likeness (QED) is 0.568. The molecule has 0 spiro atoms. The number of aromatic hydroxyl groups is 1. The number of phenols is 1. The van der Waals surface area contributed by atoms with E-state index in [1.165, 1.54) is 0 Å². The highest BCUT2D eigenvalue weighted by molar-refractivity contribution is 5.71. The maximum Gasteiger partial charge on any atom is 0.124 e. The second-order valence-electron chi connectivity index (χ2n) is 4.86. The Labute approximate surface area is 136 Å². The van der Waals surface area contributed by atoms with Crippen LogP contribution in [0.4, 0.5) is 0 Å². The lowest BCUT2D eigenvalue weighted by atomic mass is 10.1. The molecule has 3 nitrogen and oxygen atoms in total. The summed E-state index contributed by atoms with van der Waals surface area (Å²) in [5, 5.41) is 9.74. The van der Waals surface area contributed by atoms with Crippen LogP contribution in [0.15, 0.2) is 67.8 Å². The molecule has 0 radical (unpaired) electrons. The first-order valence-electron chi connectivity index (χ1n) is 7.31. The van der Waals surface area contributed by atoms with Gasteiger partial charge in [-0.05, 0) is 35.4 Å². The maximum atomic E-state index is 9.74. The zero-order valence-corrected chi connectivity index (χ0v) is 12.9. The Balaban J connectivity index is 2.08. The first-order chi connectivity index (χ1) is 11.2. The van der Waals surface area contributed by atoms with Gasteiger partial charge in [-0.15, -0.1) is 0 Å². The SMILES string of the molecule is C=CCOc1ccc(/C=C/c2cc(O)cc(OCC=C)c2)cc1. The summed E-state index contributed by atoms with van der Waals surface area (Å²) in [6.45, 7) is 8.12. The van der Waals surface area contributed by atoms with Crippen LogP contribution in [-0.4, -0.2) is 18.3 Å². The van der Waals surface area contributed by atoms with Crippen molar-refractivity contribution in [3.63, 3.8) is 0 Å². The zero-order valence-electron chi connectivity index (χ0n) is 12.9. The molecule has 0 unspecified atom stereocenters. The molecule has 0 aliphatic carbocycles. The van der Waals surface area contributed by atoms with Crippen molar-refractivity contribution in [1.29, 1.82) is 0 Å². The molecule has 3 heteroatoms. The van der Waals surface area contributed by atoms with Crippen LogP contribution in [0.2, 0.25) is 0 Å². The third-order valence-corrected chi connectivity index (χ3v) is 3.00. The van der Waals surface area contributed by atoms with Gasteiger partial charge in [0.2, 0.25) is 0 Å². The summed E-state index contributed by atoms with van der Waals surface area (Å²) in [6.07, 6.45) is 7.25. The predicted octanol–water partition coefficient (Wildman–Crippen LogP) is 4.69. The van der Waals surface area contributed by atoms with E-state index in [0.717, 1.165) is 16.9 Å². The fraction of sp³-hybridized carbons (Fsp3) is 0.100. The van der Waals surface area contributed by atoms with E-state index in [9.17, 15) is 5.11 Å². The highest BCUT2D eigenvalue weighted by Gasteiger charge is 1.99. The van der Waals surface area contributed by atoms with Crippen molar-refractivity contribution in [2.45, 2.75) is 0 Å². The van der Waals surface area contributed by atoms with Crippen molar-refractivity contribution < 1.29 is 14.6 Å². The van der Waals surface area contributed by atoms with E-state index in [4.69, 9.17) is 9.47 Å². The Hall–Kier alpha value is -2.94. The van der Waals surface area contributed by atoms with E-state index in [1.54, 1.807) is 24.3 Å². The monoisotopic (exact) mass is 308 g/mol. The van der Waals surface area contributed by atoms with Gasteiger partial charge in [-0.25, -0.2) is 0 Å². The van der Waals surface area contributed by atoms with Crippen LogP contribution in [0.25, 0.3) is 12.2 Å². The van der Waals surface area contributed by atoms with E-state index in [2.05, 4.69) is 13.2 Å². The van der Waals surface area contributed by atoms with Crippen LogP contribution in [0, 0.1) is 0 Å². The average molecular weight is 308 g/mol. The van der Waals surface area contributed by atoms with E-state index in [0.29, 0.717) is 19.0 Å². The molecule has 0 aliphatic rings. The predicted molar refractivity (Wildman–Crippen MR) is 94.9 cm³/mol. The third-order valence-electron chi connectivity index (χ3n) is 3.00. The van der Waals surface area contributed by atoms with Gasteiger partial charge >= 0.3 is 0 Å². The fourth-order valence-corrected chi connectivity index (χ4v) is 1.96. The second-order valence-corrected chi connectivity index (χ2v) is 4.86. The summed E-state index contributed by atoms with van der Waals surface area (Å²) >= 11 is 0. The fourth-order valence-electron chi connectivity index (χ4n) is 1.96. The molecule has 118 valence electrons. The number of ether oxygens (including phenoxy) is 2. The maximum absolute atomic E-state index is 9.74. The largest absolute Gasteiger partial charge is 0.508 e. The molecule has 0 bridgehead atoms. The lowest BCUT2D eigenvalue weighted by molar-refractivity contribution is 0.360. The Morgan fingerprint density at radius 1 is 0.783 bits per heavy atom. The summed E-state index contributed by atoms with van der Waals surface area (Å²) in [5.41, 5.74) is 1.89. The molecule has 0 saturated carbocycles. The third kappa shape index (κ3) is 5.40. The number of benzene rings is 2. The van der Waals surface area contributed by atoms with Gasteiger partial charge in [0.25, 0.3) is 0 Å². The molecule has 1 N–H and O–H groups in total. The Morgan fingerprint density at radius 3 is 2.04 bits per heavy atom. The molecule has 0 saturated heterocycles. The van der Waals surface area contributed by atoms with Gasteiger partial charge < -0.3 is 14.6 Å². The number of rotatable bonds is 8. The van der Waals surface area contributed by atoms with Crippen LogP contribution in [-0.2, 0) is 0 Å². The highest BCUT2D eigenvalue weighted by atomic mass is 16.5. The lowest BCUT2D eigenvalue weighted by Gasteiger charge is -2.05. The van der Waals surface area contributed by atoms with E-state index in [1.807, 2.05) is 42.5 Å². The Morgan fingerprint density at radius 2 is 1.39 bits per heavy atom. The summed E-state index contributed by atoms with van der Waals surface area (Å²) in [4.78, 5) is 0. The minimum absolute atomic E-state index is 0.166. The van der Waals surface area contributed by atoms with Crippen molar-refractivity contribution in [2.24, 2.45) is 0 Å². The summed E-state index contributed by atoms with van der Waals surface area (Å²) < 4.78 is 10.9. The molecule has 0 amide bonds. The van der Waals surface area contributed by atoms with Crippen LogP contribution in [0.3, 0.4) is 0 Å². The standard InChI is InChI=1S/C20H20O3/c1-3-11-22-19-9-7-16(8-10-19)5-6-17-13-18(21)15-20(14-17)23-12-4-2/h3-10,13-15,21H,1-2,11-12H2/b6-5+. The number of hydrogen-bond donors (Lipinski definition) is 1. The molecule has 0 aromatic heterocycles. The van der Waals surface area contributed by atoms with Gasteiger partial charge in [0.05, 0.1) is 0 Å².